The van der Waals surface area contributed by atoms with Crippen molar-refractivity contribution in [3.63, 3.8) is 0 Å². The second kappa shape index (κ2) is 39.3. The standard InChI is InChI=1S/C68H101N11O14S3/c1-11-12-13-14-17-25-56(84)94-38-20-18-22-48-39-55(83)79(40-52-73-50(42-95-52)61-77-68(10,43-96-61)63(88)76-58(45(4)5)62(87)93-48)66(6,7)33-37-92-67(8,9)32-35-71-65(90)91-41-46-26-28-47(29-27-46)72-59(85)49(23-21-34-70-64(69)89)74-60(86)57(44(2)3)75-51(80)24-16-15-19-36-78-53(81)30-31-54(78)82/h18,22,26-31,42,44-45,48-49,57-58H,11-17,19-21,23-25,32-41,43H2,1-10H3,(H,71,90)(H,72,85)(H,74,86)(H,75,80)(H,76,88)(H3,69,70,89)/b22-18+/t48-,49-,57?,58?,68+/m0/s1. The van der Waals surface area contributed by atoms with Crippen LogP contribution >= 0.6 is 34.9 Å². The molecule has 4 heterocycles. The van der Waals surface area contributed by atoms with Gasteiger partial charge in [0.2, 0.25) is 29.5 Å². The number of nitrogens with one attached hydrogen (secondary N) is 6. The Bertz CT molecular complexity index is 3080. The summed E-state index contributed by atoms with van der Waals surface area (Å²) >= 11 is 4.06. The van der Waals surface area contributed by atoms with Crippen LogP contribution in [-0.2, 0) is 70.5 Å². The molecule has 1 aromatic carbocycles. The van der Waals surface area contributed by atoms with Crippen molar-refractivity contribution in [3.8, 4) is 0 Å². The van der Waals surface area contributed by atoms with E-state index in [1.54, 1.807) is 56.0 Å². The highest BCUT2D eigenvalue weighted by Crippen LogP contribution is 2.34. The molecule has 10 amide bonds. The molecular weight excluding hydrogens is 1290 g/mol. The van der Waals surface area contributed by atoms with E-state index < -0.39 is 76.7 Å². The summed E-state index contributed by atoms with van der Waals surface area (Å²) in [5.41, 5.74) is 4.11. The number of thiazole rings is 1. The van der Waals surface area contributed by atoms with Gasteiger partial charge >= 0.3 is 18.1 Å². The van der Waals surface area contributed by atoms with Gasteiger partial charge in [0, 0.05) is 79.3 Å². The Kier molecular flexibility index (Phi) is 32.5. The number of aliphatic imine (C=N–C) groups is 1. The number of urea groups is 1. The summed E-state index contributed by atoms with van der Waals surface area (Å²) in [5.74, 6) is -3.48. The first kappa shape index (κ1) is 79.5. The molecule has 25 nitrogen and oxygen atoms in total. The van der Waals surface area contributed by atoms with Crippen LogP contribution in [0.25, 0.3) is 0 Å². The maximum absolute atomic E-state index is 14.8. The minimum absolute atomic E-state index is 0.0945. The number of alkyl carbamates (subject to hydrolysis) is 1. The number of hydrogen-bond acceptors (Lipinski definition) is 19. The molecule has 28 heteroatoms. The Labute approximate surface area is 577 Å². The van der Waals surface area contributed by atoms with Crippen LogP contribution in [0.5, 0.6) is 0 Å². The monoisotopic (exact) mass is 1390 g/mol. The minimum atomic E-state index is -1.16. The molecule has 0 radical (unpaired) electrons. The lowest BCUT2D eigenvalue weighted by molar-refractivity contribution is -0.155. The molecule has 96 heavy (non-hydrogen) atoms. The fraction of sp³-hybridized carbons (Fsp3) is 0.632. The molecule has 0 spiro atoms. The van der Waals surface area contributed by atoms with E-state index in [1.807, 2.05) is 53.0 Å². The number of unbranched alkanes of at least 4 members (excludes halogenated alkanes) is 6. The lowest BCUT2D eigenvalue weighted by atomic mass is 9.96. The largest absolute Gasteiger partial charge is 0.456 e. The molecule has 4 bridgehead atoms. The normalized spacial score (nSPS) is 18.5. The molecule has 3 aliphatic heterocycles. The first-order valence-electron chi connectivity index (χ1n) is 33.4. The van der Waals surface area contributed by atoms with Gasteiger partial charge in [-0.2, -0.15) is 0 Å². The highest BCUT2D eigenvalue weighted by Gasteiger charge is 2.43. The summed E-state index contributed by atoms with van der Waals surface area (Å²) in [4.78, 5) is 156. The second-order valence-electron chi connectivity index (χ2n) is 26.4. The summed E-state index contributed by atoms with van der Waals surface area (Å²) in [7, 11) is 0. The quantitative estimate of drug-likeness (QED) is 0.0144. The van der Waals surface area contributed by atoms with Crippen LogP contribution in [0.3, 0.4) is 0 Å². The van der Waals surface area contributed by atoms with E-state index in [4.69, 9.17) is 29.9 Å². The number of rotatable bonds is 37. The molecule has 530 valence electrons. The maximum Gasteiger partial charge on any atom is 0.407 e. The van der Waals surface area contributed by atoms with Crippen molar-refractivity contribution in [3.05, 3.63) is 70.2 Å². The Hall–Kier alpha value is -7.17. The number of benzene rings is 1. The van der Waals surface area contributed by atoms with E-state index >= 15 is 0 Å². The van der Waals surface area contributed by atoms with Crippen LogP contribution in [0.2, 0.25) is 0 Å². The van der Waals surface area contributed by atoms with E-state index in [1.165, 1.54) is 47.0 Å². The van der Waals surface area contributed by atoms with Gasteiger partial charge in [0.25, 0.3) is 11.8 Å². The Morgan fingerprint density at radius 2 is 1.57 bits per heavy atom. The predicted octanol–water partition coefficient (Wildman–Crippen LogP) is 8.53. The molecule has 0 saturated heterocycles. The average molecular weight is 1390 g/mol. The van der Waals surface area contributed by atoms with Gasteiger partial charge in [-0.25, -0.2) is 19.4 Å². The topological polar surface area (TPSA) is 345 Å². The highest BCUT2D eigenvalue weighted by molar-refractivity contribution is 8.14. The van der Waals surface area contributed by atoms with Gasteiger partial charge < -0.3 is 56.7 Å². The number of esters is 1. The third-order valence-electron chi connectivity index (χ3n) is 16.5. The van der Waals surface area contributed by atoms with Gasteiger partial charge in [0.05, 0.1) is 18.6 Å². The third-order valence-corrected chi connectivity index (χ3v) is 19.6. The van der Waals surface area contributed by atoms with Crippen molar-refractivity contribution < 1.29 is 67.0 Å². The zero-order chi connectivity index (χ0) is 70.6. The number of allylic oxidation sites excluding steroid dienone is 1. The number of anilines is 1. The number of cyclic esters (lactones) is 1. The van der Waals surface area contributed by atoms with Crippen LogP contribution in [0, 0.1) is 11.8 Å². The fourth-order valence-corrected chi connectivity index (χ4v) is 13.2. The number of imide groups is 1. The Morgan fingerprint density at radius 3 is 2.26 bits per heavy atom. The predicted molar refractivity (Wildman–Crippen MR) is 372 cm³/mol. The van der Waals surface area contributed by atoms with Gasteiger partial charge in [-0.1, -0.05) is 96.7 Å². The van der Waals surface area contributed by atoms with Gasteiger partial charge in [-0.05, 0) is 122 Å². The number of hydrogen-bond donors (Lipinski definition) is 7. The van der Waals surface area contributed by atoms with Gasteiger partial charge in [0.15, 0.2) is 5.12 Å². The van der Waals surface area contributed by atoms with Crippen molar-refractivity contribution in [2.75, 3.05) is 43.1 Å². The van der Waals surface area contributed by atoms with E-state index in [0.29, 0.717) is 83.4 Å². The van der Waals surface area contributed by atoms with Crippen molar-refractivity contribution >= 4 is 110 Å². The number of aromatic nitrogens is 1. The lowest BCUT2D eigenvalue weighted by Gasteiger charge is -2.40. The van der Waals surface area contributed by atoms with E-state index in [0.717, 1.165) is 37.0 Å². The molecule has 3 aliphatic rings. The summed E-state index contributed by atoms with van der Waals surface area (Å²) in [6.07, 6.45) is 13.2. The summed E-state index contributed by atoms with van der Waals surface area (Å²) in [6.45, 7) is 19.6. The molecule has 5 rings (SSSR count). The molecule has 2 unspecified atom stereocenters. The van der Waals surface area contributed by atoms with Crippen molar-refractivity contribution in [2.24, 2.45) is 22.6 Å². The van der Waals surface area contributed by atoms with Gasteiger partial charge in [-0.3, -0.25) is 48.2 Å². The summed E-state index contributed by atoms with van der Waals surface area (Å²) in [5, 5.41) is 19.7. The second-order valence-corrected chi connectivity index (χ2v) is 29.5. The number of amides is 10. The van der Waals surface area contributed by atoms with E-state index in [-0.39, 0.29) is 106 Å². The molecule has 0 fully saturated rings. The number of primary amides is 1. The summed E-state index contributed by atoms with van der Waals surface area (Å²) < 4.78 is 18.1. The number of carbonyl (C=O) groups is 11. The minimum Gasteiger partial charge on any atom is -0.456 e. The zero-order valence-corrected chi connectivity index (χ0v) is 59.9. The van der Waals surface area contributed by atoms with Gasteiger partial charge in [-0.15, -0.1) is 23.1 Å². The van der Waals surface area contributed by atoms with Crippen LogP contribution in [0.15, 0.2) is 58.9 Å². The Morgan fingerprint density at radius 1 is 0.875 bits per heavy atom. The highest BCUT2D eigenvalue weighted by atomic mass is 32.2. The van der Waals surface area contributed by atoms with Crippen molar-refractivity contribution in [1.82, 2.24) is 41.4 Å². The number of carbonyl (C=O) groups excluding carboxylic acids is 11. The van der Waals surface area contributed by atoms with Gasteiger partial charge in [0.1, 0.15) is 52.1 Å². The first-order valence-corrected chi connectivity index (χ1v) is 36.3. The summed E-state index contributed by atoms with van der Waals surface area (Å²) in [6, 6.07) is 2.74. The van der Waals surface area contributed by atoms with Crippen LogP contribution in [-0.4, -0.2) is 163 Å². The number of ether oxygens (including phenoxy) is 3. The van der Waals surface area contributed by atoms with Crippen LogP contribution in [0.1, 0.15) is 188 Å². The zero-order valence-electron chi connectivity index (χ0n) is 57.4. The molecule has 0 aliphatic carbocycles. The smallest absolute Gasteiger partial charge is 0.407 e. The molecular formula is C68H101N11O14S3. The fourth-order valence-electron chi connectivity index (χ4n) is 10.5. The maximum atomic E-state index is 14.8. The first-order chi connectivity index (χ1) is 45.5. The number of thioether (sulfide) groups is 2. The van der Waals surface area contributed by atoms with Crippen LogP contribution in [0.4, 0.5) is 15.3 Å². The molecule has 8 N–H and O–H groups in total. The SMILES string of the molecule is CCCCCCCC(=O)SCC/C=C/[C@H]1CC(=O)N(C(C)(C)CCOC(C)(C)CCNC(=O)OCc2ccc(NC(=O)[C@H](CCCNC(N)=O)NC(=O)C(NC(=O)CCCCCN3C(=O)C=CC3=O)C(C)C)cc2)Cc2nc(cs2)C2=N[C@](C)(CS2)C(=O)NC(C(C)C)C(=O)O1. The number of nitrogens with two attached hydrogens (primary N) is 1. The lowest BCUT2D eigenvalue weighted by Crippen LogP contribution is -2.54. The average Bonchev–Trinajstić information content (AvgIpc) is 1.62. The van der Waals surface area contributed by atoms with E-state index in [9.17, 15) is 52.7 Å². The Balaban J connectivity index is 1.14. The number of fused-ring (bicyclic) bond motifs is 4. The number of nitrogens with zero attached hydrogens (tertiary/aromatic N) is 4. The van der Waals surface area contributed by atoms with E-state index in [2.05, 4.69) is 38.8 Å². The van der Waals surface area contributed by atoms with Crippen molar-refractivity contribution in [1.29, 1.82) is 0 Å². The molecule has 0 saturated carbocycles. The third kappa shape index (κ3) is 27.0. The molecule has 5 atom stereocenters. The van der Waals surface area contributed by atoms with Crippen LogP contribution < -0.4 is 37.6 Å². The molecule has 2 aromatic rings. The van der Waals surface area contributed by atoms with Crippen molar-refractivity contribution in [2.45, 2.75) is 226 Å². The molecule has 1 aromatic heterocycles.